The van der Waals surface area contributed by atoms with Crippen LogP contribution in [0.3, 0.4) is 0 Å². The Hall–Kier alpha value is -0.530. The van der Waals surface area contributed by atoms with E-state index in [2.05, 4.69) is 49.9 Å². The van der Waals surface area contributed by atoms with Crippen LogP contribution in [0.2, 0.25) is 0 Å². The minimum atomic E-state index is 0.246. The molecule has 0 amide bonds. The van der Waals surface area contributed by atoms with Crippen molar-refractivity contribution in [3.8, 4) is 0 Å². The van der Waals surface area contributed by atoms with Crippen molar-refractivity contribution in [1.82, 2.24) is 4.90 Å². The van der Waals surface area contributed by atoms with Crippen LogP contribution in [0.4, 0.5) is 0 Å². The molecule has 100 valence electrons. The van der Waals surface area contributed by atoms with Crippen LogP contribution >= 0.6 is 11.6 Å². The van der Waals surface area contributed by atoms with E-state index in [9.17, 15) is 0 Å². The maximum atomic E-state index is 5.92. The third kappa shape index (κ3) is 3.49. The summed E-state index contributed by atoms with van der Waals surface area (Å²) in [5.74, 6) is 1.50. The second-order valence-corrected chi connectivity index (χ2v) is 6.80. The first kappa shape index (κ1) is 13.9. The van der Waals surface area contributed by atoms with Crippen LogP contribution in [0.15, 0.2) is 24.3 Å². The zero-order valence-electron chi connectivity index (χ0n) is 11.7. The molecule has 0 spiro atoms. The molecule has 1 atom stereocenters. The van der Waals surface area contributed by atoms with Crippen LogP contribution in [0.25, 0.3) is 0 Å². The highest BCUT2D eigenvalue weighted by Gasteiger charge is 2.21. The van der Waals surface area contributed by atoms with E-state index in [1.165, 1.54) is 24.1 Å². The first-order chi connectivity index (χ1) is 8.49. The number of alkyl halides is 1. The Bertz CT molecular complexity index is 377. The zero-order valence-corrected chi connectivity index (χ0v) is 12.5. The van der Waals surface area contributed by atoms with Crippen LogP contribution in [0.5, 0.6) is 0 Å². The van der Waals surface area contributed by atoms with Crippen LogP contribution < -0.4 is 0 Å². The molecule has 1 unspecified atom stereocenters. The SMILES string of the molecule is CC(C)(C)c1ccc(CN2CCC(CCl)C2)cc1. The second kappa shape index (κ2) is 5.63. The number of benzene rings is 1. The van der Waals surface area contributed by atoms with Crippen LogP contribution in [0.1, 0.15) is 38.3 Å². The lowest BCUT2D eigenvalue weighted by Gasteiger charge is -2.20. The highest BCUT2D eigenvalue weighted by molar-refractivity contribution is 6.18. The highest BCUT2D eigenvalue weighted by Crippen LogP contribution is 2.24. The largest absolute Gasteiger partial charge is 0.299 e. The van der Waals surface area contributed by atoms with Crippen LogP contribution in [-0.4, -0.2) is 23.9 Å². The summed E-state index contributed by atoms with van der Waals surface area (Å²) in [7, 11) is 0. The van der Waals surface area contributed by atoms with Crippen molar-refractivity contribution >= 4 is 11.6 Å². The van der Waals surface area contributed by atoms with Gasteiger partial charge in [0.15, 0.2) is 0 Å². The molecule has 2 rings (SSSR count). The second-order valence-electron chi connectivity index (χ2n) is 6.49. The molecule has 1 saturated heterocycles. The fourth-order valence-corrected chi connectivity index (χ4v) is 2.80. The van der Waals surface area contributed by atoms with Gasteiger partial charge >= 0.3 is 0 Å². The number of hydrogen-bond donors (Lipinski definition) is 0. The van der Waals surface area contributed by atoms with Gasteiger partial charge in [0, 0.05) is 19.0 Å². The molecule has 1 aromatic rings. The van der Waals surface area contributed by atoms with E-state index in [4.69, 9.17) is 11.6 Å². The van der Waals surface area contributed by atoms with Gasteiger partial charge in [0.05, 0.1) is 0 Å². The smallest absolute Gasteiger partial charge is 0.0264 e. The predicted molar refractivity (Wildman–Crippen MR) is 79.2 cm³/mol. The van der Waals surface area contributed by atoms with Gasteiger partial charge in [0.2, 0.25) is 0 Å². The number of hydrogen-bond acceptors (Lipinski definition) is 1. The molecule has 1 aliphatic rings. The molecule has 0 N–H and O–H groups in total. The number of halogens is 1. The Kier molecular flexibility index (Phi) is 4.34. The van der Waals surface area contributed by atoms with Crippen molar-refractivity contribution < 1.29 is 0 Å². The van der Waals surface area contributed by atoms with E-state index in [1.807, 2.05) is 0 Å². The minimum absolute atomic E-state index is 0.246. The van der Waals surface area contributed by atoms with E-state index >= 15 is 0 Å². The maximum absolute atomic E-state index is 5.92. The summed E-state index contributed by atoms with van der Waals surface area (Å²) in [5, 5.41) is 0. The first-order valence-corrected chi connectivity index (χ1v) is 7.40. The van der Waals surface area contributed by atoms with Gasteiger partial charge in [0.1, 0.15) is 0 Å². The van der Waals surface area contributed by atoms with Gasteiger partial charge in [-0.3, -0.25) is 4.90 Å². The molecule has 0 bridgehead atoms. The van der Waals surface area contributed by atoms with Gasteiger partial charge in [-0.25, -0.2) is 0 Å². The fourth-order valence-electron chi connectivity index (χ4n) is 2.55. The molecule has 0 aromatic heterocycles. The average molecular weight is 266 g/mol. The maximum Gasteiger partial charge on any atom is 0.0264 e. The van der Waals surface area contributed by atoms with Crippen molar-refractivity contribution in [1.29, 1.82) is 0 Å². The Morgan fingerprint density at radius 2 is 1.89 bits per heavy atom. The van der Waals surface area contributed by atoms with Gasteiger partial charge in [-0.2, -0.15) is 0 Å². The Balaban J connectivity index is 1.95. The van der Waals surface area contributed by atoms with E-state index < -0.39 is 0 Å². The Morgan fingerprint density at radius 3 is 2.39 bits per heavy atom. The van der Waals surface area contributed by atoms with E-state index in [1.54, 1.807) is 0 Å². The summed E-state index contributed by atoms with van der Waals surface area (Å²) in [5.41, 5.74) is 3.07. The third-order valence-corrected chi connectivity index (χ3v) is 4.25. The molecule has 1 heterocycles. The number of rotatable bonds is 3. The average Bonchev–Trinajstić information content (AvgIpc) is 2.76. The molecule has 0 aliphatic carbocycles. The zero-order chi connectivity index (χ0) is 13.2. The van der Waals surface area contributed by atoms with E-state index in [0.29, 0.717) is 5.92 Å². The lowest BCUT2D eigenvalue weighted by atomic mass is 9.87. The quantitative estimate of drug-likeness (QED) is 0.746. The molecule has 0 saturated carbocycles. The fraction of sp³-hybridized carbons (Fsp3) is 0.625. The molecule has 2 heteroatoms. The van der Waals surface area contributed by atoms with Gasteiger partial charge in [-0.1, -0.05) is 45.0 Å². The minimum Gasteiger partial charge on any atom is -0.299 e. The topological polar surface area (TPSA) is 3.24 Å². The van der Waals surface area contributed by atoms with Crippen LogP contribution in [-0.2, 0) is 12.0 Å². The lowest BCUT2D eigenvalue weighted by Crippen LogP contribution is -2.20. The van der Waals surface area contributed by atoms with Crippen molar-refractivity contribution in [2.24, 2.45) is 5.92 Å². The van der Waals surface area contributed by atoms with Crippen molar-refractivity contribution in [3.05, 3.63) is 35.4 Å². The predicted octanol–water partition coefficient (Wildman–Crippen LogP) is 4.04. The van der Waals surface area contributed by atoms with Gasteiger partial charge in [-0.05, 0) is 35.4 Å². The highest BCUT2D eigenvalue weighted by atomic mass is 35.5. The summed E-state index contributed by atoms with van der Waals surface area (Å²) >= 11 is 5.92. The summed E-state index contributed by atoms with van der Waals surface area (Å²) in [6, 6.07) is 9.08. The molecule has 1 fully saturated rings. The number of likely N-dealkylation sites (tertiary alicyclic amines) is 1. The van der Waals surface area contributed by atoms with E-state index in [-0.39, 0.29) is 5.41 Å². The summed E-state index contributed by atoms with van der Waals surface area (Å²) < 4.78 is 0. The lowest BCUT2D eigenvalue weighted by molar-refractivity contribution is 0.321. The normalized spacial score (nSPS) is 21.4. The monoisotopic (exact) mass is 265 g/mol. The number of nitrogens with zero attached hydrogens (tertiary/aromatic N) is 1. The summed E-state index contributed by atoms with van der Waals surface area (Å²) in [6.45, 7) is 10.2. The van der Waals surface area contributed by atoms with Crippen molar-refractivity contribution in [3.63, 3.8) is 0 Å². The summed E-state index contributed by atoms with van der Waals surface area (Å²) in [6.07, 6.45) is 1.25. The molecular weight excluding hydrogens is 242 g/mol. The molecule has 1 nitrogen and oxygen atoms in total. The van der Waals surface area contributed by atoms with E-state index in [0.717, 1.165) is 19.0 Å². The summed E-state index contributed by atoms with van der Waals surface area (Å²) in [4.78, 5) is 2.51. The standard InChI is InChI=1S/C16H24ClN/c1-16(2,3)15-6-4-13(5-7-15)11-18-9-8-14(10-17)12-18/h4-7,14H,8-12H2,1-3H3. The molecular formula is C16H24ClN. The molecule has 0 radical (unpaired) electrons. The Morgan fingerprint density at radius 1 is 1.22 bits per heavy atom. The molecule has 18 heavy (non-hydrogen) atoms. The van der Waals surface area contributed by atoms with Crippen LogP contribution in [0, 0.1) is 5.92 Å². The molecule has 1 aliphatic heterocycles. The third-order valence-electron chi connectivity index (χ3n) is 3.81. The van der Waals surface area contributed by atoms with Crippen molar-refractivity contribution in [2.45, 2.75) is 39.2 Å². The first-order valence-electron chi connectivity index (χ1n) is 6.87. The van der Waals surface area contributed by atoms with Gasteiger partial charge in [-0.15, -0.1) is 11.6 Å². The van der Waals surface area contributed by atoms with Crippen molar-refractivity contribution in [2.75, 3.05) is 19.0 Å². The molecule has 1 aromatic carbocycles. The van der Waals surface area contributed by atoms with Gasteiger partial charge < -0.3 is 0 Å². The Labute approximate surface area is 116 Å². The van der Waals surface area contributed by atoms with Gasteiger partial charge in [0.25, 0.3) is 0 Å².